The molecule has 0 bridgehead atoms. The zero-order valence-electron chi connectivity index (χ0n) is 12.6. The molecular formula is C15H12F3N3O4. The molecule has 1 heterocycles. The second-order valence-electron chi connectivity index (χ2n) is 5.68. The van der Waals surface area contributed by atoms with Gasteiger partial charge in [0, 0.05) is 17.2 Å². The zero-order chi connectivity index (χ0) is 18.2. The second kappa shape index (κ2) is 6.19. The van der Waals surface area contributed by atoms with Gasteiger partial charge in [-0.15, -0.1) is 0 Å². The smallest absolute Gasteiger partial charge is 0.471 e. The number of carboxylic acid groups (broad SMARTS) is 1. The van der Waals surface area contributed by atoms with Crippen molar-refractivity contribution in [3.63, 3.8) is 0 Å². The van der Waals surface area contributed by atoms with Crippen molar-refractivity contribution in [2.75, 3.05) is 0 Å². The molecule has 1 fully saturated rings. The summed E-state index contributed by atoms with van der Waals surface area (Å²) >= 11 is 0. The van der Waals surface area contributed by atoms with Gasteiger partial charge in [0.15, 0.2) is 0 Å². The van der Waals surface area contributed by atoms with E-state index in [0.717, 1.165) is 0 Å². The quantitative estimate of drug-likeness (QED) is 0.872. The van der Waals surface area contributed by atoms with Gasteiger partial charge in [-0.25, -0.2) is 0 Å². The van der Waals surface area contributed by atoms with E-state index >= 15 is 0 Å². The summed E-state index contributed by atoms with van der Waals surface area (Å²) in [7, 11) is 0. The predicted octanol–water partition coefficient (Wildman–Crippen LogP) is 2.35. The fraction of sp³-hybridized carbons (Fsp3) is 0.333. The number of hydrogen-bond acceptors (Lipinski definition) is 5. The number of carbonyl (C=O) groups is 2. The molecule has 1 aromatic carbocycles. The lowest BCUT2D eigenvalue weighted by atomic mass is 9.80. The van der Waals surface area contributed by atoms with Crippen LogP contribution in [-0.2, 0) is 11.0 Å². The molecule has 1 aliphatic rings. The van der Waals surface area contributed by atoms with E-state index in [1.54, 1.807) is 0 Å². The topological polar surface area (TPSA) is 105 Å². The van der Waals surface area contributed by atoms with Crippen molar-refractivity contribution < 1.29 is 32.4 Å². The predicted molar refractivity (Wildman–Crippen MR) is 76.4 cm³/mol. The number of carboxylic acids is 1. The van der Waals surface area contributed by atoms with Crippen LogP contribution in [0.5, 0.6) is 0 Å². The molecule has 1 saturated carbocycles. The van der Waals surface area contributed by atoms with E-state index < -0.39 is 24.0 Å². The normalized spacial score (nSPS) is 20.0. The molecule has 1 aromatic heterocycles. The van der Waals surface area contributed by atoms with Crippen LogP contribution in [0, 0.1) is 5.92 Å². The molecule has 0 unspecified atom stereocenters. The van der Waals surface area contributed by atoms with Crippen molar-refractivity contribution in [3.8, 4) is 11.4 Å². The Morgan fingerprint density at radius 1 is 1.20 bits per heavy atom. The highest BCUT2D eigenvalue weighted by atomic mass is 19.4. The molecule has 3 rings (SSSR count). The van der Waals surface area contributed by atoms with Crippen LogP contribution in [-0.4, -0.2) is 33.2 Å². The number of benzene rings is 1. The van der Waals surface area contributed by atoms with E-state index in [1.165, 1.54) is 24.3 Å². The molecule has 132 valence electrons. The fourth-order valence-corrected chi connectivity index (χ4v) is 2.43. The van der Waals surface area contributed by atoms with Crippen LogP contribution < -0.4 is 5.32 Å². The maximum Gasteiger partial charge on any atom is 0.471 e. The van der Waals surface area contributed by atoms with Crippen molar-refractivity contribution in [1.82, 2.24) is 15.5 Å². The molecule has 2 aromatic rings. The lowest BCUT2D eigenvalue weighted by Crippen LogP contribution is -2.46. The average Bonchev–Trinajstić information content (AvgIpc) is 3.00. The van der Waals surface area contributed by atoms with Crippen LogP contribution in [0.1, 0.15) is 29.1 Å². The van der Waals surface area contributed by atoms with Gasteiger partial charge in [0.05, 0.1) is 5.92 Å². The van der Waals surface area contributed by atoms with Gasteiger partial charge in [-0.2, -0.15) is 18.2 Å². The molecule has 0 spiro atoms. The van der Waals surface area contributed by atoms with Gasteiger partial charge in [0.25, 0.3) is 5.91 Å². The molecule has 0 atom stereocenters. The van der Waals surface area contributed by atoms with Crippen LogP contribution in [0.3, 0.4) is 0 Å². The summed E-state index contributed by atoms with van der Waals surface area (Å²) in [4.78, 5) is 26.0. The highest BCUT2D eigenvalue weighted by Crippen LogP contribution is 2.30. The number of nitrogens with zero attached hydrogens (tertiary/aromatic N) is 2. The minimum atomic E-state index is -4.72. The van der Waals surface area contributed by atoms with Crippen molar-refractivity contribution in [1.29, 1.82) is 0 Å². The molecule has 0 aliphatic heterocycles. The minimum absolute atomic E-state index is 0.195. The number of hydrogen-bond donors (Lipinski definition) is 2. The third kappa shape index (κ3) is 3.62. The number of amides is 1. The minimum Gasteiger partial charge on any atom is -0.481 e. The van der Waals surface area contributed by atoms with Crippen molar-refractivity contribution in [3.05, 3.63) is 35.7 Å². The molecule has 10 heteroatoms. The molecule has 1 aliphatic carbocycles. The number of aliphatic carboxylic acids is 1. The number of rotatable bonds is 4. The number of halogens is 3. The largest absolute Gasteiger partial charge is 0.481 e. The average molecular weight is 355 g/mol. The standard InChI is InChI=1S/C15H12F3N3O4/c16-15(17,18)14-20-11(21-25-14)7-1-3-8(4-2-7)12(22)19-10-5-9(6-10)13(23)24/h1-4,9-10H,5-6H2,(H,19,22)(H,23,24). The van der Waals surface area contributed by atoms with Gasteiger partial charge in [0.1, 0.15) is 0 Å². The van der Waals surface area contributed by atoms with Gasteiger partial charge in [0.2, 0.25) is 5.82 Å². The summed E-state index contributed by atoms with van der Waals surface area (Å²) in [6.45, 7) is 0. The van der Waals surface area contributed by atoms with Crippen LogP contribution in [0.2, 0.25) is 0 Å². The van der Waals surface area contributed by atoms with Crippen molar-refractivity contribution in [2.24, 2.45) is 5.92 Å². The molecule has 7 nitrogen and oxygen atoms in total. The Morgan fingerprint density at radius 3 is 2.36 bits per heavy atom. The summed E-state index contributed by atoms with van der Waals surface area (Å²) in [6, 6.07) is 5.45. The Hall–Kier alpha value is -2.91. The second-order valence-corrected chi connectivity index (χ2v) is 5.68. The third-order valence-corrected chi connectivity index (χ3v) is 3.90. The van der Waals surface area contributed by atoms with Gasteiger partial charge in [-0.3, -0.25) is 9.59 Å². The SMILES string of the molecule is O=C(NC1CC(C(=O)O)C1)c1ccc(-c2noc(C(F)(F)F)n2)cc1. The summed E-state index contributed by atoms with van der Waals surface area (Å²) in [5, 5.41) is 14.8. The summed E-state index contributed by atoms with van der Waals surface area (Å²) < 4.78 is 41.5. The zero-order valence-corrected chi connectivity index (χ0v) is 12.6. The maximum atomic E-state index is 12.4. The Balaban J connectivity index is 1.63. The first-order valence-electron chi connectivity index (χ1n) is 7.29. The molecule has 2 N–H and O–H groups in total. The van der Waals surface area contributed by atoms with Gasteiger partial charge in [-0.1, -0.05) is 17.3 Å². The Kier molecular flexibility index (Phi) is 4.19. The van der Waals surface area contributed by atoms with E-state index in [2.05, 4.69) is 20.0 Å². The highest BCUT2D eigenvalue weighted by Gasteiger charge is 2.38. The third-order valence-electron chi connectivity index (χ3n) is 3.90. The number of aromatic nitrogens is 2. The lowest BCUT2D eigenvalue weighted by molar-refractivity contribution is -0.159. The van der Waals surface area contributed by atoms with Gasteiger partial charge in [-0.05, 0) is 25.0 Å². The number of alkyl halides is 3. The van der Waals surface area contributed by atoms with E-state index in [1.807, 2.05) is 0 Å². The van der Waals surface area contributed by atoms with Crippen LogP contribution in [0.4, 0.5) is 13.2 Å². The Morgan fingerprint density at radius 2 is 1.84 bits per heavy atom. The maximum absolute atomic E-state index is 12.4. The first-order valence-corrected chi connectivity index (χ1v) is 7.29. The first kappa shape index (κ1) is 16.9. The van der Waals surface area contributed by atoms with E-state index in [4.69, 9.17) is 5.11 Å². The van der Waals surface area contributed by atoms with Crippen LogP contribution in [0.25, 0.3) is 11.4 Å². The Labute approximate surface area is 138 Å². The monoisotopic (exact) mass is 355 g/mol. The van der Waals surface area contributed by atoms with Crippen molar-refractivity contribution in [2.45, 2.75) is 25.1 Å². The molecule has 1 amide bonds. The van der Waals surface area contributed by atoms with E-state index in [-0.39, 0.29) is 23.3 Å². The molecular weight excluding hydrogens is 343 g/mol. The van der Waals surface area contributed by atoms with Crippen molar-refractivity contribution >= 4 is 11.9 Å². The molecule has 25 heavy (non-hydrogen) atoms. The molecule has 0 radical (unpaired) electrons. The number of nitrogens with one attached hydrogen (secondary N) is 1. The van der Waals surface area contributed by atoms with Gasteiger partial charge < -0.3 is 14.9 Å². The summed E-state index contributed by atoms with van der Waals surface area (Å²) in [6.07, 6.45) is -3.97. The van der Waals surface area contributed by atoms with Gasteiger partial charge >= 0.3 is 18.0 Å². The van der Waals surface area contributed by atoms with E-state index in [9.17, 15) is 22.8 Å². The molecule has 0 saturated heterocycles. The lowest BCUT2D eigenvalue weighted by Gasteiger charge is -2.32. The Bertz CT molecular complexity index is 795. The van der Waals surface area contributed by atoms with Crippen LogP contribution in [0.15, 0.2) is 28.8 Å². The highest BCUT2D eigenvalue weighted by molar-refractivity contribution is 5.95. The summed E-state index contributed by atoms with van der Waals surface area (Å²) in [5.74, 6) is -3.38. The number of carbonyl (C=O) groups excluding carboxylic acids is 1. The first-order chi connectivity index (χ1) is 11.7. The fourth-order valence-electron chi connectivity index (χ4n) is 2.43. The summed E-state index contributed by atoms with van der Waals surface area (Å²) in [5.41, 5.74) is 0.562. The van der Waals surface area contributed by atoms with E-state index in [0.29, 0.717) is 18.4 Å². The van der Waals surface area contributed by atoms with Crippen LogP contribution >= 0.6 is 0 Å².